The molecule has 4 rings (SSSR count). The molecule has 0 radical (unpaired) electrons. The number of unbranched alkanes of at least 4 members (excludes halogenated alkanes) is 1. The maximum atomic E-state index is 13.1. The van der Waals surface area contributed by atoms with E-state index in [0.29, 0.717) is 18.8 Å². The average Bonchev–Trinajstić information content (AvgIpc) is 3.48. The Labute approximate surface area is 169 Å². The molecule has 2 aromatic heterocycles. The summed E-state index contributed by atoms with van der Waals surface area (Å²) < 4.78 is 8.44. The Morgan fingerprint density at radius 3 is 2.76 bits per heavy atom. The number of carbonyl (C=O) groups excluding carboxylic acids is 1. The van der Waals surface area contributed by atoms with Crippen molar-refractivity contribution in [1.29, 1.82) is 0 Å². The van der Waals surface area contributed by atoms with Crippen LogP contribution in [0.25, 0.3) is 5.69 Å². The number of benzene rings is 1. The summed E-state index contributed by atoms with van der Waals surface area (Å²) in [5.41, 5.74) is 0.501. The van der Waals surface area contributed by atoms with E-state index in [-0.39, 0.29) is 24.2 Å². The third-order valence-electron chi connectivity index (χ3n) is 5.40. The van der Waals surface area contributed by atoms with E-state index >= 15 is 0 Å². The van der Waals surface area contributed by atoms with Gasteiger partial charge < -0.3 is 9.32 Å². The van der Waals surface area contributed by atoms with Gasteiger partial charge in [0.2, 0.25) is 5.91 Å². The number of likely N-dealkylation sites (tertiary alicyclic amines) is 1. The van der Waals surface area contributed by atoms with Crippen molar-refractivity contribution in [2.75, 3.05) is 6.54 Å². The van der Waals surface area contributed by atoms with E-state index in [1.807, 2.05) is 42.5 Å². The van der Waals surface area contributed by atoms with Gasteiger partial charge in [-0.15, -0.1) is 0 Å². The Bertz CT molecular complexity index is 1000. The zero-order valence-electron chi connectivity index (χ0n) is 16.7. The van der Waals surface area contributed by atoms with Gasteiger partial charge in [0.15, 0.2) is 0 Å². The molecule has 7 nitrogen and oxygen atoms in total. The highest BCUT2D eigenvalue weighted by Crippen LogP contribution is 2.32. The molecule has 7 heteroatoms. The molecule has 1 atom stereocenters. The fourth-order valence-corrected chi connectivity index (χ4v) is 3.95. The topological polar surface area (TPSA) is 73.3 Å². The van der Waals surface area contributed by atoms with Gasteiger partial charge in [-0.25, -0.2) is 14.0 Å². The number of aromatic nitrogens is 3. The maximum absolute atomic E-state index is 13.1. The number of rotatable bonds is 7. The van der Waals surface area contributed by atoms with Gasteiger partial charge >= 0.3 is 5.69 Å². The number of hydrogen-bond donors (Lipinski definition) is 0. The van der Waals surface area contributed by atoms with E-state index < -0.39 is 0 Å². The Balaban J connectivity index is 1.61. The van der Waals surface area contributed by atoms with Gasteiger partial charge in [0.25, 0.3) is 0 Å². The quantitative estimate of drug-likeness (QED) is 0.616. The Morgan fingerprint density at radius 2 is 2.03 bits per heavy atom. The second-order valence-electron chi connectivity index (χ2n) is 7.39. The molecule has 1 amide bonds. The minimum Gasteiger partial charge on any atom is -0.467 e. The summed E-state index contributed by atoms with van der Waals surface area (Å²) in [6, 6.07) is 13.1. The van der Waals surface area contributed by atoms with Crippen LogP contribution in [0, 0.1) is 0 Å². The van der Waals surface area contributed by atoms with Crippen LogP contribution in [0.3, 0.4) is 0 Å². The molecule has 0 saturated carbocycles. The highest BCUT2D eigenvalue weighted by Gasteiger charge is 2.32. The number of aryl methyl sites for hydroxylation is 1. The molecule has 1 fully saturated rings. The van der Waals surface area contributed by atoms with Crippen molar-refractivity contribution in [1.82, 2.24) is 19.2 Å². The number of amides is 1. The van der Waals surface area contributed by atoms with E-state index in [9.17, 15) is 9.59 Å². The fourth-order valence-electron chi connectivity index (χ4n) is 3.95. The van der Waals surface area contributed by atoms with Crippen molar-refractivity contribution < 1.29 is 9.21 Å². The van der Waals surface area contributed by atoms with Gasteiger partial charge in [0, 0.05) is 13.0 Å². The lowest BCUT2D eigenvalue weighted by molar-refractivity contribution is -0.133. The Morgan fingerprint density at radius 1 is 1.21 bits per heavy atom. The Kier molecular flexibility index (Phi) is 5.64. The van der Waals surface area contributed by atoms with Gasteiger partial charge in [-0.2, -0.15) is 5.10 Å². The first-order valence-electron chi connectivity index (χ1n) is 10.3. The molecule has 0 bridgehead atoms. The van der Waals surface area contributed by atoms with E-state index in [2.05, 4.69) is 12.0 Å². The molecule has 1 aliphatic rings. The van der Waals surface area contributed by atoms with Gasteiger partial charge in [0.1, 0.15) is 18.1 Å². The van der Waals surface area contributed by atoms with Crippen molar-refractivity contribution in [2.24, 2.45) is 0 Å². The average molecular weight is 394 g/mol. The summed E-state index contributed by atoms with van der Waals surface area (Å²) in [7, 11) is 0. The molecule has 3 aromatic rings. The molecule has 0 N–H and O–H groups in total. The van der Waals surface area contributed by atoms with Crippen molar-refractivity contribution in [3.05, 3.63) is 70.8 Å². The molecular weight excluding hydrogens is 368 g/mol. The molecule has 152 valence electrons. The summed E-state index contributed by atoms with van der Waals surface area (Å²) in [4.78, 5) is 27.9. The summed E-state index contributed by atoms with van der Waals surface area (Å²) in [5.74, 6) is 1.38. The van der Waals surface area contributed by atoms with Crippen LogP contribution in [0.15, 0.2) is 57.9 Å². The smallest absolute Gasteiger partial charge is 0.351 e. The van der Waals surface area contributed by atoms with Gasteiger partial charge in [-0.1, -0.05) is 31.5 Å². The molecule has 1 aliphatic heterocycles. The van der Waals surface area contributed by atoms with Crippen LogP contribution in [0.5, 0.6) is 0 Å². The van der Waals surface area contributed by atoms with E-state index in [1.165, 1.54) is 4.68 Å². The molecular formula is C22H26N4O3. The fraction of sp³-hybridized carbons (Fsp3) is 0.409. The number of furan rings is 1. The van der Waals surface area contributed by atoms with Crippen molar-refractivity contribution >= 4 is 5.91 Å². The normalized spacial score (nSPS) is 16.4. The number of nitrogens with zero attached hydrogens (tertiary/aromatic N) is 4. The zero-order chi connectivity index (χ0) is 20.2. The lowest BCUT2D eigenvalue weighted by atomic mass is 10.1. The molecule has 1 aromatic carbocycles. The lowest BCUT2D eigenvalue weighted by Gasteiger charge is -2.22. The first-order valence-corrected chi connectivity index (χ1v) is 10.3. The highest BCUT2D eigenvalue weighted by molar-refractivity contribution is 5.76. The minimum absolute atomic E-state index is 0.0605. The standard InChI is InChI=1S/C22H26N4O3/c1-2-3-13-20-23-25(22(28)26(20)17-9-5-4-6-10-17)16-21(27)24-14-7-11-18(24)19-12-8-15-29-19/h4-6,8-10,12,15,18H,2-3,7,11,13-14,16H2,1H3. The monoisotopic (exact) mass is 394 g/mol. The third-order valence-corrected chi connectivity index (χ3v) is 5.40. The van der Waals surface area contributed by atoms with Crippen LogP contribution in [-0.2, 0) is 17.8 Å². The predicted octanol–water partition coefficient (Wildman–Crippen LogP) is 3.33. The first kappa shape index (κ1) is 19.2. The molecule has 0 aliphatic carbocycles. The Hall–Kier alpha value is -3.09. The van der Waals surface area contributed by atoms with E-state index in [0.717, 1.165) is 37.1 Å². The second kappa shape index (κ2) is 8.51. The molecule has 1 saturated heterocycles. The van der Waals surface area contributed by atoms with Crippen LogP contribution in [0.4, 0.5) is 0 Å². The summed E-state index contributed by atoms with van der Waals surface area (Å²) >= 11 is 0. The van der Waals surface area contributed by atoms with Gasteiger partial charge in [0.05, 0.1) is 18.0 Å². The summed E-state index contributed by atoms with van der Waals surface area (Å²) in [6.07, 6.45) is 6.06. The van der Waals surface area contributed by atoms with Crippen molar-refractivity contribution in [2.45, 2.75) is 51.6 Å². The minimum atomic E-state index is -0.274. The molecule has 0 spiro atoms. The maximum Gasteiger partial charge on any atom is 0.351 e. The van der Waals surface area contributed by atoms with Crippen LogP contribution in [-0.4, -0.2) is 31.7 Å². The lowest BCUT2D eigenvalue weighted by Crippen LogP contribution is -2.36. The molecule has 1 unspecified atom stereocenters. The van der Waals surface area contributed by atoms with Crippen LogP contribution in [0.1, 0.15) is 50.2 Å². The summed E-state index contributed by atoms with van der Waals surface area (Å²) in [5, 5.41) is 4.52. The molecule has 29 heavy (non-hydrogen) atoms. The summed E-state index contributed by atoms with van der Waals surface area (Å²) in [6.45, 7) is 2.71. The van der Waals surface area contributed by atoms with E-state index in [1.54, 1.807) is 15.7 Å². The van der Waals surface area contributed by atoms with Gasteiger partial charge in [-0.3, -0.25) is 4.79 Å². The van der Waals surface area contributed by atoms with Crippen molar-refractivity contribution in [3.8, 4) is 5.69 Å². The van der Waals surface area contributed by atoms with Crippen LogP contribution >= 0.6 is 0 Å². The van der Waals surface area contributed by atoms with Crippen LogP contribution in [0.2, 0.25) is 0 Å². The predicted molar refractivity (Wildman–Crippen MR) is 109 cm³/mol. The SMILES string of the molecule is CCCCc1nn(CC(=O)N2CCCC2c2ccco2)c(=O)n1-c1ccccc1. The molecule has 3 heterocycles. The third kappa shape index (κ3) is 3.90. The first-order chi connectivity index (χ1) is 14.2. The largest absolute Gasteiger partial charge is 0.467 e. The number of hydrogen-bond acceptors (Lipinski definition) is 4. The van der Waals surface area contributed by atoms with Crippen molar-refractivity contribution in [3.63, 3.8) is 0 Å². The van der Waals surface area contributed by atoms with Gasteiger partial charge in [-0.05, 0) is 43.5 Å². The second-order valence-corrected chi connectivity index (χ2v) is 7.39. The van der Waals surface area contributed by atoms with E-state index in [4.69, 9.17) is 4.42 Å². The highest BCUT2D eigenvalue weighted by atomic mass is 16.3. The van der Waals surface area contributed by atoms with Crippen LogP contribution < -0.4 is 5.69 Å². The number of carbonyl (C=O) groups is 1. The zero-order valence-corrected chi connectivity index (χ0v) is 16.7. The number of para-hydroxylation sites is 1.